The van der Waals surface area contributed by atoms with Gasteiger partial charge in [0, 0.05) is 48.9 Å². The SMILES string of the molecule is O=C(c1ccc2cc[nH]c2c1)N1CCC(N2CC(F)(F)C[C@H]2CO)CC1. The number of hydrogen-bond donors (Lipinski definition) is 2. The number of nitrogens with one attached hydrogen (secondary N) is 1. The van der Waals surface area contributed by atoms with E-state index in [-0.39, 0.29) is 31.5 Å². The molecule has 0 unspecified atom stereocenters. The van der Waals surface area contributed by atoms with Gasteiger partial charge in [-0.2, -0.15) is 0 Å². The Kier molecular flexibility index (Phi) is 4.44. The van der Waals surface area contributed by atoms with Gasteiger partial charge in [0.05, 0.1) is 13.2 Å². The van der Waals surface area contributed by atoms with Crippen LogP contribution in [0.25, 0.3) is 10.9 Å². The van der Waals surface area contributed by atoms with Crippen LogP contribution in [0.1, 0.15) is 29.6 Å². The molecule has 0 bridgehead atoms. The van der Waals surface area contributed by atoms with Crippen LogP contribution in [0.2, 0.25) is 0 Å². The molecule has 26 heavy (non-hydrogen) atoms. The number of rotatable bonds is 3. The third-order valence-corrected chi connectivity index (χ3v) is 5.65. The number of H-pyrrole nitrogens is 1. The maximum absolute atomic E-state index is 13.7. The first kappa shape index (κ1) is 17.4. The monoisotopic (exact) mass is 363 g/mol. The quantitative estimate of drug-likeness (QED) is 0.881. The number of fused-ring (bicyclic) bond motifs is 1. The first-order valence-corrected chi connectivity index (χ1v) is 9.08. The van der Waals surface area contributed by atoms with Crippen molar-refractivity contribution in [1.29, 1.82) is 0 Å². The zero-order valence-electron chi connectivity index (χ0n) is 14.5. The maximum Gasteiger partial charge on any atom is 0.262 e. The van der Waals surface area contributed by atoms with Gasteiger partial charge in [0.1, 0.15) is 0 Å². The fourth-order valence-corrected chi connectivity index (χ4v) is 4.28. The average molecular weight is 363 g/mol. The fraction of sp³-hybridized carbons (Fsp3) is 0.526. The predicted octanol–water partition coefficient (Wildman–Crippen LogP) is 2.47. The van der Waals surface area contributed by atoms with E-state index in [2.05, 4.69) is 4.98 Å². The van der Waals surface area contributed by atoms with Crippen molar-refractivity contribution in [2.24, 2.45) is 0 Å². The van der Waals surface area contributed by atoms with Crippen molar-refractivity contribution in [2.75, 3.05) is 26.2 Å². The highest BCUT2D eigenvalue weighted by Gasteiger charge is 2.47. The zero-order valence-corrected chi connectivity index (χ0v) is 14.5. The van der Waals surface area contributed by atoms with Crippen molar-refractivity contribution in [3.8, 4) is 0 Å². The molecule has 2 fully saturated rings. The van der Waals surface area contributed by atoms with Crippen LogP contribution in [0.15, 0.2) is 30.5 Å². The number of aliphatic hydroxyl groups is 1. The topological polar surface area (TPSA) is 59.6 Å². The van der Waals surface area contributed by atoms with Crippen molar-refractivity contribution in [3.05, 3.63) is 36.0 Å². The summed E-state index contributed by atoms with van der Waals surface area (Å²) in [7, 11) is 0. The lowest BCUT2D eigenvalue weighted by molar-refractivity contribution is 0.00297. The molecule has 0 radical (unpaired) electrons. The van der Waals surface area contributed by atoms with E-state index in [4.69, 9.17) is 0 Å². The van der Waals surface area contributed by atoms with Crippen molar-refractivity contribution < 1.29 is 18.7 Å². The zero-order chi connectivity index (χ0) is 18.3. The lowest BCUT2D eigenvalue weighted by atomic mass is 10.0. The number of piperidine rings is 1. The second kappa shape index (κ2) is 6.63. The van der Waals surface area contributed by atoms with Crippen LogP contribution < -0.4 is 0 Å². The summed E-state index contributed by atoms with van der Waals surface area (Å²) < 4.78 is 27.4. The maximum atomic E-state index is 13.7. The second-order valence-electron chi connectivity index (χ2n) is 7.37. The Bertz CT molecular complexity index is 799. The molecule has 2 saturated heterocycles. The van der Waals surface area contributed by atoms with E-state index < -0.39 is 12.0 Å². The molecule has 1 aromatic heterocycles. The van der Waals surface area contributed by atoms with Crippen LogP contribution >= 0.6 is 0 Å². The molecule has 0 saturated carbocycles. The van der Waals surface area contributed by atoms with Gasteiger partial charge in [-0.3, -0.25) is 9.69 Å². The summed E-state index contributed by atoms with van der Waals surface area (Å²) in [5.41, 5.74) is 1.56. The molecule has 140 valence electrons. The van der Waals surface area contributed by atoms with E-state index in [0.29, 0.717) is 31.5 Å². The number of likely N-dealkylation sites (tertiary alicyclic amines) is 2. The number of amides is 1. The Labute approximate surface area is 150 Å². The van der Waals surface area contributed by atoms with E-state index in [1.54, 1.807) is 9.80 Å². The normalized spacial score (nSPS) is 24.4. The summed E-state index contributed by atoms with van der Waals surface area (Å²) in [6.45, 7) is 0.560. The van der Waals surface area contributed by atoms with Crippen LogP contribution in [0, 0.1) is 0 Å². The molecule has 2 aliphatic rings. The Morgan fingerprint density at radius 1 is 1.27 bits per heavy atom. The van der Waals surface area contributed by atoms with Gasteiger partial charge < -0.3 is 15.0 Å². The number of benzene rings is 1. The molecule has 5 nitrogen and oxygen atoms in total. The Hall–Kier alpha value is -1.99. The van der Waals surface area contributed by atoms with Crippen LogP contribution in [0.4, 0.5) is 8.78 Å². The second-order valence-corrected chi connectivity index (χ2v) is 7.37. The molecule has 2 aliphatic heterocycles. The van der Waals surface area contributed by atoms with E-state index >= 15 is 0 Å². The number of halogens is 2. The van der Waals surface area contributed by atoms with Crippen LogP contribution in [0.3, 0.4) is 0 Å². The van der Waals surface area contributed by atoms with Gasteiger partial charge >= 0.3 is 0 Å². The number of hydrogen-bond acceptors (Lipinski definition) is 3. The summed E-state index contributed by atoms with van der Waals surface area (Å²) in [5, 5.41) is 10.5. The van der Waals surface area contributed by atoms with E-state index in [0.717, 1.165) is 10.9 Å². The number of nitrogens with zero attached hydrogens (tertiary/aromatic N) is 2. The summed E-state index contributed by atoms with van der Waals surface area (Å²) in [4.78, 5) is 19.4. The third kappa shape index (κ3) is 3.21. The molecule has 3 heterocycles. The highest BCUT2D eigenvalue weighted by atomic mass is 19.3. The minimum atomic E-state index is -2.73. The molecule has 7 heteroatoms. The summed E-state index contributed by atoms with van der Waals surface area (Å²) in [6.07, 6.45) is 2.87. The summed E-state index contributed by atoms with van der Waals surface area (Å²) in [6, 6.07) is 7.07. The highest BCUT2D eigenvalue weighted by Crippen LogP contribution is 2.35. The predicted molar refractivity (Wildman–Crippen MR) is 94.4 cm³/mol. The van der Waals surface area contributed by atoms with E-state index in [1.165, 1.54) is 0 Å². The van der Waals surface area contributed by atoms with E-state index in [9.17, 15) is 18.7 Å². The molecular formula is C19H23F2N3O2. The minimum Gasteiger partial charge on any atom is -0.395 e. The molecule has 1 amide bonds. The van der Waals surface area contributed by atoms with Gasteiger partial charge in [-0.25, -0.2) is 8.78 Å². The molecule has 2 aromatic rings. The van der Waals surface area contributed by atoms with Crippen molar-refractivity contribution in [2.45, 2.75) is 37.3 Å². The molecule has 2 N–H and O–H groups in total. The van der Waals surface area contributed by atoms with Crippen molar-refractivity contribution >= 4 is 16.8 Å². The average Bonchev–Trinajstić information content (AvgIpc) is 3.23. The highest BCUT2D eigenvalue weighted by molar-refractivity contribution is 5.98. The van der Waals surface area contributed by atoms with Gasteiger partial charge in [0.2, 0.25) is 0 Å². The number of aromatic amines is 1. The lowest BCUT2D eigenvalue weighted by Crippen LogP contribution is -2.49. The van der Waals surface area contributed by atoms with Gasteiger partial charge in [-0.05, 0) is 36.4 Å². The first-order chi connectivity index (χ1) is 12.5. The number of aromatic nitrogens is 1. The van der Waals surface area contributed by atoms with Crippen LogP contribution in [-0.2, 0) is 0 Å². The Morgan fingerprint density at radius 2 is 2.04 bits per heavy atom. The fourth-order valence-electron chi connectivity index (χ4n) is 4.28. The molecule has 0 aliphatic carbocycles. The molecule has 1 aromatic carbocycles. The third-order valence-electron chi connectivity index (χ3n) is 5.65. The van der Waals surface area contributed by atoms with Gasteiger partial charge in [-0.1, -0.05) is 6.07 Å². The molecule has 1 atom stereocenters. The van der Waals surface area contributed by atoms with Crippen LogP contribution in [0.5, 0.6) is 0 Å². The van der Waals surface area contributed by atoms with Gasteiger partial charge in [0.15, 0.2) is 0 Å². The van der Waals surface area contributed by atoms with Gasteiger partial charge in [0.25, 0.3) is 11.8 Å². The van der Waals surface area contributed by atoms with E-state index in [1.807, 2.05) is 30.5 Å². The smallest absolute Gasteiger partial charge is 0.262 e. The lowest BCUT2D eigenvalue weighted by Gasteiger charge is -2.38. The van der Waals surface area contributed by atoms with Crippen LogP contribution in [-0.4, -0.2) is 70.0 Å². The van der Waals surface area contributed by atoms with Gasteiger partial charge in [-0.15, -0.1) is 0 Å². The Morgan fingerprint density at radius 3 is 2.77 bits per heavy atom. The number of aliphatic hydroxyl groups excluding tert-OH is 1. The molecule has 0 spiro atoms. The summed E-state index contributed by atoms with van der Waals surface area (Å²) in [5.74, 6) is -2.75. The Balaban J connectivity index is 1.40. The number of carbonyl (C=O) groups is 1. The standard InChI is InChI=1S/C19H23F2N3O2/c20-19(21)10-16(11-25)24(12-19)15-4-7-23(8-5-15)18(26)14-2-1-13-3-6-22-17(13)9-14/h1-3,6,9,15-16,22,25H,4-5,7-8,10-12H2/t16-/m0/s1. The largest absolute Gasteiger partial charge is 0.395 e. The first-order valence-electron chi connectivity index (χ1n) is 9.08. The molecular weight excluding hydrogens is 340 g/mol. The van der Waals surface area contributed by atoms with Crippen molar-refractivity contribution in [3.63, 3.8) is 0 Å². The van der Waals surface area contributed by atoms with Crippen molar-refractivity contribution in [1.82, 2.24) is 14.8 Å². The minimum absolute atomic E-state index is 0.00420. The summed E-state index contributed by atoms with van der Waals surface area (Å²) >= 11 is 0. The molecule has 4 rings (SSSR count). The number of alkyl halides is 2. The number of carbonyl (C=O) groups excluding carboxylic acids is 1.